The highest BCUT2D eigenvalue weighted by molar-refractivity contribution is 4.84. The normalized spacial score (nSPS) is 14.3. The van der Waals surface area contributed by atoms with Gasteiger partial charge < -0.3 is 9.88 Å². The van der Waals surface area contributed by atoms with Crippen molar-refractivity contribution >= 4 is 0 Å². The van der Waals surface area contributed by atoms with Gasteiger partial charge in [-0.05, 0) is 12.0 Å². The molecule has 0 unspecified atom stereocenters. The summed E-state index contributed by atoms with van der Waals surface area (Å²) in [6.07, 6.45) is 5.71. The molecule has 0 aromatic carbocycles. The first-order valence-corrected chi connectivity index (χ1v) is 5.23. The molecule has 1 atom stereocenters. The molecule has 0 aliphatic carbocycles. The molecule has 80 valence electrons. The van der Waals surface area contributed by atoms with Crippen LogP contribution in [0.1, 0.15) is 27.7 Å². The highest BCUT2D eigenvalue weighted by Gasteiger charge is 2.23. The van der Waals surface area contributed by atoms with Gasteiger partial charge in [0, 0.05) is 25.0 Å². The van der Waals surface area contributed by atoms with Crippen molar-refractivity contribution in [3.05, 3.63) is 18.7 Å². The lowest BCUT2D eigenvalue weighted by Crippen LogP contribution is -2.43. The first kappa shape index (κ1) is 11.2. The van der Waals surface area contributed by atoms with Crippen LogP contribution in [0, 0.1) is 5.41 Å². The smallest absolute Gasteiger partial charge is 0.0946 e. The number of hydrogen-bond donors (Lipinski definition) is 1. The molecule has 0 aliphatic rings. The SMILES string of the molecule is CCN[C@@H](Cn1ccnc1)C(C)(C)C. The maximum Gasteiger partial charge on any atom is 0.0946 e. The van der Waals surface area contributed by atoms with Crippen molar-refractivity contribution in [2.24, 2.45) is 5.41 Å². The first-order valence-electron chi connectivity index (χ1n) is 5.23. The molecule has 0 aliphatic heterocycles. The Morgan fingerprint density at radius 1 is 1.43 bits per heavy atom. The average Bonchev–Trinajstić information content (AvgIpc) is 2.54. The summed E-state index contributed by atoms with van der Waals surface area (Å²) in [5.74, 6) is 0. The van der Waals surface area contributed by atoms with E-state index in [0.29, 0.717) is 6.04 Å². The van der Waals surface area contributed by atoms with Gasteiger partial charge in [-0.15, -0.1) is 0 Å². The summed E-state index contributed by atoms with van der Waals surface area (Å²) in [5, 5.41) is 3.51. The number of aromatic nitrogens is 2. The van der Waals surface area contributed by atoms with Crippen LogP contribution in [-0.2, 0) is 6.54 Å². The van der Waals surface area contributed by atoms with Crippen LogP contribution in [0.4, 0.5) is 0 Å². The maximum atomic E-state index is 4.05. The summed E-state index contributed by atoms with van der Waals surface area (Å²) < 4.78 is 2.12. The van der Waals surface area contributed by atoms with Crippen molar-refractivity contribution in [1.82, 2.24) is 14.9 Å². The van der Waals surface area contributed by atoms with Gasteiger partial charge in [0.1, 0.15) is 0 Å². The third kappa shape index (κ3) is 3.14. The van der Waals surface area contributed by atoms with Crippen molar-refractivity contribution < 1.29 is 0 Å². The Bertz CT molecular complexity index is 246. The van der Waals surface area contributed by atoms with Crippen LogP contribution in [-0.4, -0.2) is 22.1 Å². The number of nitrogens with zero attached hydrogens (tertiary/aromatic N) is 2. The van der Waals surface area contributed by atoms with Crippen molar-refractivity contribution in [1.29, 1.82) is 0 Å². The van der Waals surface area contributed by atoms with Gasteiger partial charge in [-0.3, -0.25) is 0 Å². The fraction of sp³-hybridized carbons (Fsp3) is 0.727. The monoisotopic (exact) mass is 195 g/mol. The number of imidazole rings is 1. The lowest BCUT2D eigenvalue weighted by molar-refractivity contribution is 0.245. The summed E-state index contributed by atoms with van der Waals surface area (Å²) in [4.78, 5) is 4.05. The Morgan fingerprint density at radius 3 is 2.57 bits per heavy atom. The van der Waals surface area contributed by atoms with Crippen LogP contribution in [0.5, 0.6) is 0 Å². The van der Waals surface area contributed by atoms with Crippen LogP contribution >= 0.6 is 0 Å². The molecular weight excluding hydrogens is 174 g/mol. The second-order valence-corrected chi connectivity index (χ2v) is 4.74. The molecule has 1 aromatic heterocycles. The van der Waals surface area contributed by atoms with Crippen molar-refractivity contribution in [2.45, 2.75) is 40.3 Å². The Labute approximate surface area is 86.5 Å². The zero-order valence-electron chi connectivity index (χ0n) is 9.62. The van der Waals surface area contributed by atoms with E-state index in [1.165, 1.54) is 0 Å². The average molecular weight is 195 g/mol. The van der Waals surface area contributed by atoms with Crippen molar-refractivity contribution in [2.75, 3.05) is 6.54 Å². The molecule has 0 fully saturated rings. The quantitative estimate of drug-likeness (QED) is 0.795. The summed E-state index contributed by atoms with van der Waals surface area (Å²) in [6.45, 7) is 10.9. The third-order valence-corrected chi connectivity index (χ3v) is 2.45. The number of nitrogens with one attached hydrogen (secondary N) is 1. The van der Waals surface area contributed by atoms with Crippen LogP contribution < -0.4 is 5.32 Å². The van der Waals surface area contributed by atoms with Gasteiger partial charge in [0.05, 0.1) is 6.33 Å². The lowest BCUT2D eigenvalue weighted by Gasteiger charge is -2.31. The molecule has 3 heteroatoms. The fourth-order valence-corrected chi connectivity index (χ4v) is 1.50. The van der Waals surface area contributed by atoms with Crippen LogP contribution in [0.15, 0.2) is 18.7 Å². The molecule has 0 spiro atoms. The van der Waals surface area contributed by atoms with E-state index in [1.807, 2.05) is 18.7 Å². The van der Waals surface area contributed by atoms with Gasteiger partial charge in [-0.1, -0.05) is 27.7 Å². The van der Waals surface area contributed by atoms with E-state index in [0.717, 1.165) is 13.1 Å². The second-order valence-electron chi connectivity index (χ2n) is 4.74. The van der Waals surface area contributed by atoms with Crippen molar-refractivity contribution in [3.63, 3.8) is 0 Å². The zero-order chi connectivity index (χ0) is 10.6. The van der Waals surface area contributed by atoms with Gasteiger partial charge in [0.2, 0.25) is 0 Å². The number of likely N-dealkylation sites (N-methyl/N-ethyl adjacent to an activating group) is 1. The second kappa shape index (κ2) is 4.60. The summed E-state index contributed by atoms with van der Waals surface area (Å²) in [7, 11) is 0. The van der Waals surface area contributed by atoms with Crippen molar-refractivity contribution in [3.8, 4) is 0 Å². The van der Waals surface area contributed by atoms with Crippen LogP contribution in [0.3, 0.4) is 0 Å². The van der Waals surface area contributed by atoms with E-state index in [9.17, 15) is 0 Å². The lowest BCUT2D eigenvalue weighted by atomic mass is 9.86. The summed E-state index contributed by atoms with van der Waals surface area (Å²) in [5.41, 5.74) is 0.278. The Balaban J connectivity index is 2.60. The van der Waals surface area contributed by atoms with E-state index in [1.54, 1.807) is 0 Å². The minimum absolute atomic E-state index is 0.278. The van der Waals surface area contributed by atoms with Gasteiger partial charge in [0.15, 0.2) is 0 Å². The molecule has 0 amide bonds. The summed E-state index contributed by atoms with van der Waals surface area (Å²) in [6, 6.07) is 0.488. The molecule has 1 rings (SSSR count). The Morgan fingerprint density at radius 2 is 2.14 bits per heavy atom. The first-order chi connectivity index (χ1) is 6.54. The Kier molecular flexibility index (Phi) is 3.69. The molecule has 0 bridgehead atoms. The highest BCUT2D eigenvalue weighted by atomic mass is 15.1. The zero-order valence-corrected chi connectivity index (χ0v) is 9.62. The van der Waals surface area contributed by atoms with E-state index in [2.05, 4.69) is 42.6 Å². The number of rotatable bonds is 4. The predicted octanol–water partition coefficient (Wildman–Crippen LogP) is 1.91. The molecule has 1 N–H and O–H groups in total. The molecule has 3 nitrogen and oxygen atoms in total. The molecule has 14 heavy (non-hydrogen) atoms. The predicted molar refractivity (Wildman–Crippen MR) is 59.1 cm³/mol. The van der Waals surface area contributed by atoms with Crippen LogP contribution in [0.2, 0.25) is 0 Å². The largest absolute Gasteiger partial charge is 0.336 e. The van der Waals surface area contributed by atoms with Gasteiger partial charge in [0.25, 0.3) is 0 Å². The standard InChI is InChI=1S/C11H21N3/c1-5-13-10(11(2,3)4)8-14-7-6-12-9-14/h6-7,9-10,13H,5,8H2,1-4H3/t10-/m0/s1. The minimum Gasteiger partial charge on any atom is -0.336 e. The third-order valence-electron chi connectivity index (χ3n) is 2.45. The number of hydrogen-bond acceptors (Lipinski definition) is 2. The van der Waals surface area contributed by atoms with E-state index >= 15 is 0 Å². The highest BCUT2D eigenvalue weighted by Crippen LogP contribution is 2.20. The van der Waals surface area contributed by atoms with E-state index in [4.69, 9.17) is 0 Å². The van der Waals surface area contributed by atoms with Gasteiger partial charge >= 0.3 is 0 Å². The van der Waals surface area contributed by atoms with Gasteiger partial charge in [-0.2, -0.15) is 0 Å². The molecular formula is C11H21N3. The van der Waals surface area contributed by atoms with E-state index in [-0.39, 0.29) is 5.41 Å². The summed E-state index contributed by atoms with van der Waals surface area (Å²) >= 11 is 0. The maximum absolute atomic E-state index is 4.05. The molecule has 0 saturated heterocycles. The minimum atomic E-state index is 0.278. The van der Waals surface area contributed by atoms with Gasteiger partial charge in [-0.25, -0.2) is 4.98 Å². The fourth-order valence-electron chi connectivity index (χ4n) is 1.50. The molecule has 1 heterocycles. The molecule has 1 aromatic rings. The van der Waals surface area contributed by atoms with Crippen LogP contribution in [0.25, 0.3) is 0 Å². The molecule has 0 saturated carbocycles. The van der Waals surface area contributed by atoms with E-state index < -0.39 is 0 Å². The topological polar surface area (TPSA) is 29.9 Å². The molecule has 0 radical (unpaired) electrons. The Hall–Kier alpha value is -0.830.